The van der Waals surface area contributed by atoms with Crippen molar-refractivity contribution in [3.8, 4) is 11.5 Å². The van der Waals surface area contributed by atoms with Gasteiger partial charge in [-0.15, -0.1) is 0 Å². The summed E-state index contributed by atoms with van der Waals surface area (Å²) < 4.78 is 0. The zero-order valence-electron chi connectivity index (χ0n) is 8.72. The third-order valence-corrected chi connectivity index (χ3v) is 3.05. The minimum absolute atomic E-state index is 0.115. The fourth-order valence-corrected chi connectivity index (χ4v) is 1.93. The molecule has 0 fully saturated rings. The molecule has 0 aliphatic rings. The smallest absolute Gasteiger partial charge is 0.313 e. The molecule has 0 aliphatic heterocycles. The van der Waals surface area contributed by atoms with Crippen LogP contribution in [0.2, 0.25) is 0 Å². The highest BCUT2D eigenvalue weighted by atomic mass is 32.2. The van der Waals surface area contributed by atoms with Crippen molar-refractivity contribution in [3.05, 3.63) is 23.8 Å². The van der Waals surface area contributed by atoms with Crippen LogP contribution in [0, 0.1) is 0 Å². The van der Waals surface area contributed by atoms with E-state index in [-0.39, 0.29) is 17.3 Å². The molecule has 88 valence electrons. The van der Waals surface area contributed by atoms with Crippen LogP contribution < -0.4 is 0 Å². The van der Waals surface area contributed by atoms with Gasteiger partial charge in [0.2, 0.25) is 0 Å². The lowest BCUT2D eigenvalue weighted by Gasteiger charge is -2.03. The lowest BCUT2D eigenvalue weighted by Crippen LogP contribution is -1.99. The van der Waals surface area contributed by atoms with Gasteiger partial charge in [-0.2, -0.15) is 11.8 Å². The van der Waals surface area contributed by atoms with Crippen LogP contribution in [0.5, 0.6) is 11.5 Å². The van der Waals surface area contributed by atoms with E-state index in [0.29, 0.717) is 0 Å². The van der Waals surface area contributed by atoms with Gasteiger partial charge >= 0.3 is 5.97 Å². The van der Waals surface area contributed by atoms with E-state index in [4.69, 9.17) is 10.2 Å². The van der Waals surface area contributed by atoms with Crippen molar-refractivity contribution < 1.29 is 20.1 Å². The minimum Gasteiger partial charge on any atom is -0.504 e. The van der Waals surface area contributed by atoms with Crippen LogP contribution in [-0.2, 0) is 11.2 Å². The van der Waals surface area contributed by atoms with Crippen molar-refractivity contribution in [2.24, 2.45) is 0 Å². The van der Waals surface area contributed by atoms with Crippen LogP contribution in [0.3, 0.4) is 0 Å². The first-order chi connectivity index (χ1) is 7.59. The van der Waals surface area contributed by atoms with E-state index >= 15 is 0 Å². The van der Waals surface area contributed by atoms with Gasteiger partial charge in [0, 0.05) is 0 Å². The molecular weight excluding hydrogens is 228 g/mol. The first kappa shape index (κ1) is 12.7. The standard InChI is InChI=1S/C11H14O4S/c12-9-4-3-8(6-10(9)13)2-1-5-16-7-11(14)15/h3-4,6,12-13H,1-2,5,7H2,(H,14,15). The highest BCUT2D eigenvalue weighted by molar-refractivity contribution is 7.99. The van der Waals surface area contributed by atoms with Gasteiger partial charge < -0.3 is 15.3 Å². The fraction of sp³-hybridized carbons (Fsp3) is 0.364. The first-order valence-corrected chi connectivity index (χ1v) is 6.05. The van der Waals surface area contributed by atoms with E-state index in [2.05, 4.69) is 0 Å². The summed E-state index contributed by atoms with van der Waals surface area (Å²) in [5.74, 6) is -0.138. The van der Waals surface area contributed by atoms with Crippen molar-refractivity contribution in [1.29, 1.82) is 0 Å². The highest BCUT2D eigenvalue weighted by Crippen LogP contribution is 2.25. The largest absolute Gasteiger partial charge is 0.504 e. The second-order valence-corrected chi connectivity index (χ2v) is 4.48. The highest BCUT2D eigenvalue weighted by Gasteiger charge is 2.01. The maximum Gasteiger partial charge on any atom is 0.313 e. The molecule has 0 atom stereocenters. The molecule has 1 aromatic carbocycles. The lowest BCUT2D eigenvalue weighted by molar-refractivity contribution is -0.133. The molecule has 4 nitrogen and oxygen atoms in total. The Morgan fingerprint density at radius 3 is 2.62 bits per heavy atom. The summed E-state index contributed by atoms with van der Waals surface area (Å²) in [4.78, 5) is 10.2. The summed E-state index contributed by atoms with van der Waals surface area (Å²) in [6.07, 6.45) is 1.61. The molecule has 0 saturated carbocycles. The van der Waals surface area contributed by atoms with E-state index < -0.39 is 5.97 Å². The van der Waals surface area contributed by atoms with Crippen molar-refractivity contribution in [3.63, 3.8) is 0 Å². The fourth-order valence-electron chi connectivity index (χ4n) is 1.26. The predicted molar refractivity (Wildman–Crippen MR) is 63.1 cm³/mol. The summed E-state index contributed by atoms with van der Waals surface area (Å²) in [6.45, 7) is 0. The Morgan fingerprint density at radius 2 is 2.00 bits per heavy atom. The maximum absolute atomic E-state index is 10.2. The first-order valence-electron chi connectivity index (χ1n) is 4.90. The van der Waals surface area contributed by atoms with Gasteiger partial charge in [0.1, 0.15) is 0 Å². The number of phenols is 2. The molecule has 0 aliphatic carbocycles. The summed E-state index contributed by atoms with van der Waals surface area (Å²) in [5, 5.41) is 26.8. The number of rotatable bonds is 6. The number of aliphatic carboxylic acids is 1. The van der Waals surface area contributed by atoms with Gasteiger partial charge in [0.25, 0.3) is 0 Å². The molecule has 0 heterocycles. The topological polar surface area (TPSA) is 77.8 Å². The number of phenolic OH excluding ortho intramolecular Hbond substituents is 2. The number of benzene rings is 1. The molecule has 0 bridgehead atoms. The van der Waals surface area contributed by atoms with Gasteiger partial charge in [-0.05, 0) is 36.3 Å². The number of hydrogen-bond donors (Lipinski definition) is 3. The normalized spacial score (nSPS) is 10.2. The Labute approximate surface area is 97.9 Å². The van der Waals surface area contributed by atoms with E-state index in [1.807, 2.05) is 0 Å². The van der Waals surface area contributed by atoms with Crippen molar-refractivity contribution in [2.45, 2.75) is 12.8 Å². The number of thioether (sulfide) groups is 1. The van der Waals surface area contributed by atoms with Crippen LogP contribution in [0.15, 0.2) is 18.2 Å². The average molecular weight is 242 g/mol. The van der Waals surface area contributed by atoms with E-state index in [0.717, 1.165) is 24.2 Å². The van der Waals surface area contributed by atoms with Crippen molar-refractivity contribution in [1.82, 2.24) is 0 Å². The van der Waals surface area contributed by atoms with Crippen LogP contribution in [0.25, 0.3) is 0 Å². The molecule has 0 amide bonds. The average Bonchev–Trinajstić information content (AvgIpc) is 2.22. The number of carbonyl (C=O) groups is 1. The number of carboxylic acid groups (broad SMARTS) is 1. The SMILES string of the molecule is O=C(O)CSCCCc1ccc(O)c(O)c1. The molecule has 0 radical (unpaired) electrons. The van der Waals surface area contributed by atoms with Crippen LogP contribution in [0.4, 0.5) is 0 Å². The van der Waals surface area contributed by atoms with Crippen LogP contribution >= 0.6 is 11.8 Å². The van der Waals surface area contributed by atoms with Gasteiger partial charge in [-0.25, -0.2) is 0 Å². The van der Waals surface area contributed by atoms with Gasteiger partial charge in [0.05, 0.1) is 5.75 Å². The Balaban J connectivity index is 2.27. The van der Waals surface area contributed by atoms with Crippen LogP contribution in [-0.4, -0.2) is 32.8 Å². The summed E-state index contributed by atoms with van der Waals surface area (Å²) in [5.41, 5.74) is 0.936. The molecule has 1 aromatic rings. The number of aryl methyl sites for hydroxylation is 1. The molecule has 3 N–H and O–H groups in total. The Morgan fingerprint density at radius 1 is 1.25 bits per heavy atom. The lowest BCUT2D eigenvalue weighted by atomic mass is 10.1. The van der Waals surface area contributed by atoms with Gasteiger partial charge in [-0.1, -0.05) is 6.07 Å². The zero-order valence-corrected chi connectivity index (χ0v) is 9.54. The quantitative estimate of drug-likeness (QED) is 0.524. The molecular formula is C11H14O4S. The van der Waals surface area contributed by atoms with Crippen molar-refractivity contribution >= 4 is 17.7 Å². The summed E-state index contributed by atoms with van der Waals surface area (Å²) >= 11 is 1.38. The number of hydrogen-bond acceptors (Lipinski definition) is 4. The molecule has 5 heteroatoms. The van der Waals surface area contributed by atoms with Crippen molar-refractivity contribution in [2.75, 3.05) is 11.5 Å². The predicted octanol–water partition coefficient (Wildman–Crippen LogP) is 1.85. The van der Waals surface area contributed by atoms with E-state index in [1.165, 1.54) is 23.9 Å². The Hall–Kier alpha value is -1.36. The number of aromatic hydroxyl groups is 2. The molecule has 0 aromatic heterocycles. The third kappa shape index (κ3) is 4.44. The second kappa shape index (κ2) is 6.27. The zero-order chi connectivity index (χ0) is 12.0. The molecule has 0 unspecified atom stereocenters. The summed E-state index contributed by atoms with van der Waals surface area (Å²) in [7, 11) is 0. The van der Waals surface area contributed by atoms with Crippen LogP contribution in [0.1, 0.15) is 12.0 Å². The molecule has 0 spiro atoms. The Bertz CT molecular complexity index is 365. The number of carboxylic acids is 1. The Kier molecular flexibility index (Phi) is 4.98. The van der Waals surface area contributed by atoms with Gasteiger partial charge in [0.15, 0.2) is 11.5 Å². The third-order valence-electron chi connectivity index (χ3n) is 2.02. The summed E-state index contributed by atoms with van der Waals surface area (Å²) in [6, 6.07) is 4.73. The monoisotopic (exact) mass is 242 g/mol. The molecule has 16 heavy (non-hydrogen) atoms. The molecule has 0 saturated heterocycles. The molecule has 1 rings (SSSR count). The van der Waals surface area contributed by atoms with E-state index in [1.54, 1.807) is 6.07 Å². The second-order valence-electron chi connectivity index (χ2n) is 3.37. The minimum atomic E-state index is -0.799. The maximum atomic E-state index is 10.2. The van der Waals surface area contributed by atoms with Gasteiger partial charge in [-0.3, -0.25) is 4.79 Å². The van der Waals surface area contributed by atoms with E-state index in [9.17, 15) is 9.90 Å².